The third-order valence-electron chi connectivity index (χ3n) is 4.09. The van der Waals surface area contributed by atoms with Gasteiger partial charge in [-0.15, -0.1) is 12.4 Å². The summed E-state index contributed by atoms with van der Waals surface area (Å²) in [5.74, 6) is 0.563. The van der Waals surface area contributed by atoms with E-state index in [0.29, 0.717) is 5.91 Å². The van der Waals surface area contributed by atoms with Gasteiger partial charge in [0.15, 0.2) is 0 Å². The summed E-state index contributed by atoms with van der Waals surface area (Å²) in [5, 5.41) is 6.58. The molecule has 0 atom stereocenters. The number of carbonyl (C=O) groups excluding carboxylic acids is 1. The van der Waals surface area contributed by atoms with Crippen LogP contribution in [-0.4, -0.2) is 24.5 Å². The van der Waals surface area contributed by atoms with Gasteiger partial charge in [0, 0.05) is 11.5 Å². The maximum atomic E-state index is 12.0. The molecule has 1 aliphatic heterocycles. The van der Waals surface area contributed by atoms with E-state index in [9.17, 15) is 4.79 Å². The van der Waals surface area contributed by atoms with Gasteiger partial charge >= 0.3 is 0 Å². The predicted molar refractivity (Wildman–Crippen MR) is 67.9 cm³/mol. The van der Waals surface area contributed by atoms with E-state index >= 15 is 0 Å². The van der Waals surface area contributed by atoms with Gasteiger partial charge in [-0.05, 0) is 51.6 Å². The fourth-order valence-electron chi connectivity index (χ4n) is 2.62. The Hall–Kier alpha value is -0.280. The molecule has 1 aliphatic carbocycles. The van der Waals surface area contributed by atoms with E-state index in [1.54, 1.807) is 0 Å². The van der Waals surface area contributed by atoms with Crippen LogP contribution in [0.3, 0.4) is 0 Å². The minimum Gasteiger partial charge on any atom is -0.350 e. The molecule has 0 aromatic rings. The van der Waals surface area contributed by atoms with Crippen molar-refractivity contribution in [1.82, 2.24) is 10.6 Å². The van der Waals surface area contributed by atoms with Gasteiger partial charge in [0.1, 0.15) is 0 Å². The maximum absolute atomic E-state index is 12.0. The highest BCUT2D eigenvalue weighted by molar-refractivity contribution is 5.85. The molecule has 1 heterocycles. The lowest BCUT2D eigenvalue weighted by Crippen LogP contribution is -2.55. The quantitative estimate of drug-likeness (QED) is 0.798. The molecule has 0 aromatic carbocycles. The molecule has 2 aliphatic rings. The monoisotopic (exact) mass is 246 g/mol. The number of nitrogens with one attached hydrogen (secondary N) is 2. The average Bonchev–Trinajstić information content (AvgIpc) is 2.24. The third kappa shape index (κ3) is 2.89. The Balaban J connectivity index is 0.00000128. The lowest BCUT2D eigenvalue weighted by Gasteiger charge is -2.43. The summed E-state index contributed by atoms with van der Waals surface area (Å²) in [6, 6.07) is 0. The summed E-state index contributed by atoms with van der Waals surface area (Å²) in [6.07, 6.45) is 6.74. The molecule has 2 N–H and O–H groups in total. The second-order valence-corrected chi connectivity index (χ2v) is 5.00. The van der Waals surface area contributed by atoms with Crippen LogP contribution in [0.5, 0.6) is 0 Å². The summed E-state index contributed by atoms with van der Waals surface area (Å²) < 4.78 is 0. The van der Waals surface area contributed by atoms with Crippen molar-refractivity contribution in [3.05, 3.63) is 0 Å². The van der Waals surface area contributed by atoms with Crippen LogP contribution in [0.2, 0.25) is 0 Å². The highest BCUT2D eigenvalue weighted by Gasteiger charge is 2.37. The van der Waals surface area contributed by atoms with Crippen molar-refractivity contribution >= 4 is 18.3 Å². The van der Waals surface area contributed by atoms with E-state index in [1.807, 2.05) is 0 Å². The molecule has 0 bridgehead atoms. The molecule has 1 amide bonds. The standard InChI is InChI=1S/C12H22N2O.ClH/c1-2-12(6-3-7-12)14-11(15)10-4-8-13-9-5-10;/h10,13H,2-9H2,1H3,(H,14,15);1H. The lowest BCUT2D eigenvalue weighted by atomic mass is 9.74. The number of hydrogen-bond acceptors (Lipinski definition) is 2. The lowest BCUT2D eigenvalue weighted by molar-refractivity contribution is -0.129. The first-order chi connectivity index (χ1) is 7.26. The number of halogens is 1. The van der Waals surface area contributed by atoms with Gasteiger partial charge in [-0.25, -0.2) is 0 Å². The second-order valence-electron chi connectivity index (χ2n) is 5.00. The van der Waals surface area contributed by atoms with Gasteiger partial charge < -0.3 is 10.6 Å². The SMILES string of the molecule is CCC1(NC(=O)C2CCNCC2)CCC1.Cl. The van der Waals surface area contributed by atoms with Crippen LogP contribution < -0.4 is 10.6 Å². The van der Waals surface area contributed by atoms with E-state index in [1.165, 1.54) is 19.3 Å². The molecule has 0 spiro atoms. The van der Waals surface area contributed by atoms with Crippen LogP contribution in [0.1, 0.15) is 45.4 Å². The molecule has 1 saturated carbocycles. The van der Waals surface area contributed by atoms with Crippen molar-refractivity contribution in [2.45, 2.75) is 51.0 Å². The molecular formula is C12H23ClN2O. The van der Waals surface area contributed by atoms with Gasteiger partial charge in [0.05, 0.1) is 0 Å². The summed E-state index contributed by atoms with van der Waals surface area (Å²) in [4.78, 5) is 12.0. The van der Waals surface area contributed by atoms with Crippen molar-refractivity contribution < 1.29 is 4.79 Å². The minimum atomic E-state index is 0. The Kier molecular flexibility index (Phi) is 5.06. The summed E-state index contributed by atoms with van der Waals surface area (Å²) >= 11 is 0. The maximum Gasteiger partial charge on any atom is 0.223 e. The van der Waals surface area contributed by atoms with Crippen LogP contribution in [0.4, 0.5) is 0 Å². The van der Waals surface area contributed by atoms with Crippen molar-refractivity contribution in [1.29, 1.82) is 0 Å². The van der Waals surface area contributed by atoms with Gasteiger partial charge in [0.25, 0.3) is 0 Å². The zero-order valence-electron chi connectivity index (χ0n) is 10.1. The number of piperidine rings is 1. The van der Waals surface area contributed by atoms with Crippen LogP contribution in [0.25, 0.3) is 0 Å². The topological polar surface area (TPSA) is 41.1 Å². The summed E-state index contributed by atoms with van der Waals surface area (Å²) in [7, 11) is 0. The Morgan fingerprint density at radius 3 is 2.44 bits per heavy atom. The molecule has 94 valence electrons. The first-order valence-electron chi connectivity index (χ1n) is 6.28. The molecule has 16 heavy (non-hydrogen) atoms. The molecule has 4 heteroatoms. The number of carbonyl (C=O) groups is 1. The van der Waals surface area contributed by atoms with Gasteiger partial charge in [-0.2, -0.15) is 0 Å². The van der Waals surface area contributed by atoms with Crippen LogP contribution >= 0.6 is 12.4 Å². The van der Waals surface area contributed by atoms with Crippen molar-refractivity contribution in [3.8, 4) is 0 Å². The van der Waals surface area contributed by atoms with E-state index in [2.05, 4.69) is 17.6 Å². The van der Waals surface area contributed by atoms with Crippen molar-refractivity contribution in [2.75, 3.05) is 13.1 Å². The Morgan fingerprint density at radius 1 is 1.38 bits per heavy atom. The smallest absolute Gasteiger partial charge is 0.223 e. The zero-order chi connectivity index (χ0) is 10.7. The minimum absolute atomic E-state index is 0. The first kappa shape index (κ1) is 13.8. The Bertz CT molecular complexity index is 230. The predicted octanol–water partition coefficient (Wildman–Crippen LogP) is 1.86. The zero-order valence-corrected chi connectivity index (χ0v) is 10.9. The molecule has 2 rings (SSSR count). The Labute approximate surface area is 104 Å². The average molecular weight is 247 g/mol. The van der Waals surface area contributed by atoms with Gasteiger partial charge in [-0.1, -0.05) is 6.92 Å². The van der Waals surface area contributed by atoms with Crippen LogP contribution in [0.15, 0.2) is 0 Å². The van der Waals surface area contributed by atoms with E-state index in [-0.39, 0.29) is 23.9 Å². The van der Waals surface area contributed by atoms with Crippen molar-refractivity contribution in [2.24, 2.45) is 5.92 Å². The summed E-state index contributed by atoms with van der Waals surface area (Å²) in [5.41, 5.74) is 0.169. The molecule has 0 unspecified atom stereocenters. The number of hydrogen-bond donors (Lipinski definition) is 2. The van der Waals surface area contributed by atoms with E-state index < -0.39 is 0 Å². The molecule has 3 nitrogen and oxygen atoms in total. The van der Waals surface area contributed by atoms with Gasteiger partial charge in [-0.3, -0.25) is 4.79 Å². The van der Waals surface area contributed by atoms with E-state index in [4.69, 9.17) is 0 Å². The third-order valence-corrected chi connectivity index (χ3v) is 4.09. The number of rotatable bonds is 3. The molecule has 0 aromatic heterocycles. The highest BCUT2D eigenvalue weighted by Crippen LogP contribution is 2.35. The second kappa shape index (κ2) is 5.87. The fraction of sp³-hybridized carbons (Fsp3) is 0.917. The molecular weight excluding hydrogens is 224 g/mol. The molecule has 0 radical (unpaired) electrons. The number of amides is 1. The fourth-order valence-corrected chi connectivity index (χ4v) is 2.62. The molecule has 1 saturated heterocycles. The molecule has 2 fully saturated rings. The largest absolute Gasteiger partial charge is 0.350 e. The van der Waals surface area contributed by atoms with Crippen molar-refractivity contribution in [3.63, 3.8) is 0 Å². The van der Waals surface area contributed by atoms with E-state index in [0.717, 1.165) is 32.4 Å². The Morgan fingerprint density at radius 2 is 2.00 bits per heavy atom. The highest BCUT2D eigenvalue weighted by atomic mass is 35.5. The van der Waals surface area contributed by atoms with Crippen LogP contribution in [-0.2, 0) is 4.79 Å². The van der Waals surface area contributed by atoms with Gasteiger partial charge in [0.2, 0.25) is 5.91 Å². The first-order valence-corrected chi connectivity index (χ1v) is 6.28. The van der Waals surface area contributed by atoms with Crippen LogP contribution in [0, 0.1) is 5.92 Å². The normalized spacial score (nSPS) is 24.1. The summed E-state index contributed by atoms with van der Waals surface area (Å²) in [6.45, 7) is 4.18.